The third-order valence-corrected chi connectivity index (χ3v) is 3.97. The van der Waals surface area contributed by atoms with Gasteiger partial charge in [0.2, 0.25) is 0 Å². The molecular formula is C17H15ClN2O2. The normalized spacial score (nSPS) is 11.0. The molecule has 0 saturated heterocycles. The molecule has 0 unspecified atom stereocenters. The van der Waals surface area contributed by atoms with E-state index < -0.39 is 5.97 Å². The molecule has 0 radical (unpaired) electrons. The highest BCUT2D eigenvalue weighted by Gasteiger charge is 2.16. The van der Waals surface area contributed by atoms with Crippen LogP contribution < -0.4 is 5.32 Å². The summed E-state index contributed by atoms with van der Waals surface area (Å²) in [6, 6.07) is 15.2. The highest BCUT2D eigenvalue weighted by molar-refractivity contribution is 6.31. The summed E-state index contributed by atoms with van der Waals surface area (Å²) in [6.07, 6.45) is 0. The molecule has 3 rings (SSSR count). The number of aromatic nitrogens is 1. The molecule has 0 fully saturated rings. The Morgan fingerprint density at radius 3 is 2.59 bits per heavy atom. The molecule has 2 aromatic carbocycles. The van der Waals surface area contributed by atoms with Gasteiger partial charge in [-0.25, -0.2) is 4.79 Å². The number of carbonyl (C=O) groups is 1. The maximum atomic E-state index is 11.4. The average Bonchev–Trinajstić information content (AvgIpc) is 2.88. The largest absolute Gasteiger partial charge is 0.477 e. The molecule has 22 heavy (non-hydrogen) atoms. The van der Waals surface area contributed by atoms with E-state index in [1.54, 1.807) is 0 Å². The van der Waals surface area contributed by atoms with Crippen molar-refractivity contribution in [1.29, 1.82) is 0 Å². The molecule has 3 aromatic rings. The average molecular weight is 315 g/mol. The van der Waals surface area contributed by atoms with Crippen LogP contribution in [0.15, 0.2) is 48.5 Å². The highest BCUT2D eigenvalue weighted by atomic mass is 35.5. The number of fused-ring (bicyclic) bond motifs is 1. The highest BCUT2D eigenvalue weighted by Crippen LogP contribution is 2.23. The number of aromatic amines is 1. The molecular weight excluding hydrogens is 300 g/mol. The predicted octanol–water partition coefficient (Wildman–Crippen LogP) is 3.81. The van der Waals surface area contributed by atoms with E-state index in [4.69, 9.17) is 11.6 Å². The Kier molecular flexibility index (Phi) is 4.13. The molecule has 0 aliphatic carbocycles. The molecule has 0 aliphatic rings. The van der Waals surface area contributed by atoms with Crippen molar-refractivity contribution in [3.8, 4) is 0 Å². The van der Waals surface area contributed by atoms with Gasteiger partial charge in [-0.3, -0.25) is 0 Å². The van der Waals surface area contributed by atoms with Crippen molar-refractivity contribution >= 4 is 28.5 Å². The molecule has 0 bridgehead atoms. The fourth-order valence-electron chi connectivity index (χ4n) is 2.53. The molecule has 0 saturated carbocycles. The van der Waals surface area contributed by atoms with E-state index in [0.717, 1.165) is 22.0 Å². The van der Waals surface area contributed by atoms with Crippen LogP contribution in [0.5, 0.6) is 0 Å². The molecule has 0 spiro atoms. The Balaban J connectivity index is 1.83. The Morgan fingerprint density at radius 2 is 1.82 bits per heavy atom. The minimum Gasteiger partial charge on any atom is -0.477 e. The molecule has 112 valence electrons. The smallest absolute Gasteiger partial charge is 0.352 e. The van der Waals surface area contributed by atoms with Gasteiger partial charge in [0, 0.05) is 34.6 Å². The van der Waals surface area contributed by atoms with E-state index in [9.17, 15) is 9.90 Å². The predicted molar refractivity (Wildman–Crippen MR) is 87.3 cm³/mol. The molecule has 5 heteroatoms. The zero-order chi connectivity index (χ0) is 15.5. The Labute approximate surface area is 132 Å². The first-order valence-electron chi connectivity index (χ1n) is 6.94. The fraction of sp³-hybridized carbons (Fsp3) is 0.118. The Morgan fingerprint density at radius 1 is 1.09 bits per heavy atom. The second-order valence-corrected chi connectivity index (χ2v) is 5.43. The van der Waals surface area contributed by atoms with Crippen molar-refractivity contribution in [2.75, 3.05) is 0 Å². The Bertz CT molecular complexity index is 826. The van der Waals surface area contributed by atoms with Crippen molar-refractivity contribution in [1.82, 2.24) is 10.3 Å². The number of H-pyrrole nitrogens is 1. The summed E-state index contributed by atoms with van der Waals surface area (Å²) >= 11 is 6.12. The van der Waals surface area contributed by atoms with Gasteiger partial charge in [-0.05, 0) is 17.7 Å². The molecule has 0 amide bonds. The number of nitrogens with one attached hydrogen (secondary N) is 2. The van der Waals surface area contributed by atoms with Crippen LogP contribution >= 0.6 is 11.6 Å². The number of benzene rings is 2. The van der Waals surface area contributed by atoms with Crippen molar-refractivity contribution < 1.29 is 9.90 Å². The van der Waals surface area contributed by atoms with E-state index in [-0.39, 0.29) is 5.69 Å². The van der Waals surface area contributed by atoms with E-state index in [2.05, 4.69) is 10.3 Å². The number of carboxylic acids is 1. The second kappa shape index (κ2) is 6.22. The lowest BCUT2D eigenvalue weighted by atomic mass is 10.1. The van der Waals surface area contributed by atoms with Crippen LogP contribution in [-0.2, 0) is 13.1 Å². The maximum absolute atomic E-state index is 11.4. The van der Waals surface area contributed by atoms with Gasteiger partial charge in [0.25, 0.3) is 0 Å². The number of hydrogen-bond acceptors (Lipinski definition) is 2. The number of hydrogen-bond donors (Lipinski definition) is 3. The molecule has 0 aliphatic heterocycles. The summed E-state index contributed by atoms with van der Waals surface area (Å²) in [5, 5.41) is 14.2. The van der Waals surface area contributed by atoms with Crippen LogP contribution in [0.25, 0.3) is 10.9 Å². The van der Waals surface area contributed by atoms with E-state index in [0.29, 0.717) is 18.1 Å². The van der Waals surface area contributed by atoms with Crippen molar-refractivity contribution in [2.45, 2.75) is 13.1 Å². The minimum atomic E-state index is -0.953. The summed E-state index contributed by atoms with van der Waals surface area (Å²) in [4.78, 5) is 14.4. The minimum absolute atomic E-state index is 0.229. The summed E-state index contributed by atoms with van der Waals surface area (Å²) in [7, 11) is 0. The quantitative estimate of drug-likeness (QED) is 0.671. The van der Waals surface area contributed by atoms with Gasteiger partial charge in [-0.15, -0.1) is 0 Å². The first-order chi connectivity index (χ1) is 10.7. The monoisotopic (exact) mass is 314 g/mol. The second-order valence-electron chi connectivity index (χ2n) is 5.02. The van der Waals surface area contributed by atoms with Crippen LogP contribution in [0.3, 0.4) is 0 Å². The standard InChI is InChI=1S/C17H15ClN2O2/c18-14-7-3-1-5-11(14)9-19-10-13-12-6-2-4-8-15(12)20-16(13)17(21)22/h1-8,19-20H,9-10H2,(H,21,22). The molecule has 3 N–H and O–H groups in total. The lowest BCUT2D eigenvalue weighted by Gasteiger charge is -2.07. The molecule has 1 heterocycles. The van der Waals surface area contributed by atoms with Gasteiger partial charge in [-0.1, -0.05) is 48.0 Å². The fourth-order valence-corrected chi connectivity index (χ4v) is 2.73. The third kappa shape index (κ3) is 2.84. The van der Waals surface area contributed by atoms with Crippen molar-refractivity contribution in [2.24, 2.45) is 0 Å². The lowest BCUT2D eigenvalue weighted by Crippen LogP contribution is -2.15. The first kappa shape index (κ1) is 14.6. The van der Waals surface area contributed by atoms with Gasteiger partial charge < -0.3 is 15.4 Å². The third-order valence-electron chi connectivity index (χ3n) is 3.60. The van der Waals surface area contributed by atoms with Crippen LogP contribution in [0, 0.1) is 0 Å². The summed E-state index contributed by atoms with van der Waals surface area (Å²) in [6.45, 7) is 1.04. The number of para-hydroxylation sites is 1. The molecule has 4 nitrogen and oxygen atoms in total. The molecule has 1 aromatic heterocycles. The first-order valence-corrected chi connectivity index (χ1v) is 7.31. The maximum Gasteiger partial charge on any atom is 0.352 e. The van der Waals surface area contributed by atoms with Crippen LogP contribution in [0.4, 0.5) is 0 Å². The van der Waals surface area contributed by atoms with Crippen LogP contribution in [-0.4, -0.2) is 16.1 Å². The van der Waals surface area contributed by atoms with Crippen molar-refractivity contribution in [3.05, 3.63) is 70.4 Å². The lowest BCUT2D eigenvalue weighted by molar-refractivity contribution is 0.0690. The van der Waals surface area contributed by atoms with Gasteiger partial charge in [0.1, 0.15) is 5.69 Å². The number of halogens is 1. The summed E-state index contributed by atoms with van der Waals surface area (Å²) in [5.41, 5.74) is 2.80. The number of rotatable bonds is 5. The Hall–Kier alpha value is -2.30. The van der Waals surface area contributed by atoms with Crippen LogP contribution in [0.2, 0.25) is 5.02 Å². The van der Waals surface area contributed by atoms with E-state index in [1.165, 1.54) is 0 Å². The van der Waals surface area contributed by atoms with E-state index in [1.807, 2.05) is 48.5 Å². The van der Waals surface area contributed by atoms with Crippen LogP contribution in [0.1, 0.15) is 21.6 Å². The zero-order valence-electron chi connectivity index (χ0n) is 11.8. The van der Waals surface area contributed by atoms with Gasteiger partial charge in [0.05, 0.1) is 0 Å². The summed E-state index contributed by atoms with van der Waals surface area (Å²) < 4.78 is 0. The van der Waals surface area contributed by atoms with Gasteiger partial charge in [-0.2, -0.15) is 0 Å². The van der Waals surface area contributed by atoms with Gasteiger partial charge in [0.15, 0.2) is 0 Å². The summed E-state index contributed by atoms with van der Waals surface area (Å²) in [5.74, 6) is -0.953. The zero-order valence-corrected chi connectivity index (χ0v) is 12.5. The number of carboxylic acid groups (broad SMARTS) is 1. The number of aromatic carboxylic acids is 1. The van der Waals surface area contributed by atoms with Gasteiger partial charge >= 0.3 is 5.97 Å². The molecule has 0 atom stereocenters. The topological polar surface area (TPSA) is 65.1 Å². The van der Waals surface area contributed by atoms with E-state index >= 15 is 0 Å². The van der Waals surface area contributed by atoms with Crippen molar-refractivity contribution in [3.63, 3.8) is 0 Å². The SMILES string of the molecule is O=C(O)c1[nH]c2ccccc2c1CNCc1ccccc1Cl.